The number of carbonyl (C=O) groups is 1. The summed E-state index contributed by atoms with van der Waals surface area (Å²) >= 11 is 11.7. The summed E-state index contributed by atoms with van der Waals surface area (Å²) in [5, 5.41) is 11.2. The molecule has 2 atom stereocenters. The molecule has 2 aromatic carbocycles. The highest BCUT2D eigenvalue weighted by atomic mass is 35.5. The minimum absolute atomic E-state index is 0.312. The van der Waals surface area contributed by atoms with Crippen molar-refractivity contribution >= 4 is 40.8 Å². The second-order valence-electron chi connectivity index (χ2n) is 11.0. The first kappa shape index (κ1) is 43.3. The Morgan fingerprint density at radius 1 is 0.667 bits per heavy atom. The van der Waals surface area contributed by atoms with E-state index in [2.05, 4.69) is 19.9 Å². The fraction of sp³-hybridized carbons (Fsp3) is 0.290. The molecule has 0 bridgehead atoms. The second-order valence-corrected chi connectivity index (χ2v) is 11.7. The minimum Gasteiger partial charge on any atom is -0.457 e. The van der Waals surface area contributed by atoms with Gasteiger partial charge in [-0.2, -0.15) is 31.6 Å². The molecule has 2 N–H and O–H groups in total. The lowest BCUT2D eigenvalue weighted by Gasteiger charge is -2.21. The normalized spacial score (nSPS) is 12.7. The van der Waals surface area contributed by atoms with Crippen molar-refractivity contribution in [2.45, 2.75) is 58.2 Å². The number of rotatable bonds is 8. The summed E-state index contributed by atoms with van der Waals surface area (Å²) in [6, 6.07) is -1.69. The van der Waals surface area contributed by atoms with E-state index in [0.717, 1.165) is 6.92 Å². The van der Waals surface area contributed by atoms with Crippen LogP contribution in [0.1, 0.15) is 44.1 Å². The number of nitrogens with one attached hydrogen (secondary N) is 2. The Kier molecular flexibility index (Phi) is 13.6. The molecule has 0 aliphatic rings. The van der Waals surface area contributed by atoms with Crippen LogP contribution in [0.3, 0.4) is 0 Å². The standard InChI is InChI=1S/C17H14ClF6N3O2.C14H7ClF6N4/c1-6(2)29-16(28)15-26-13(18)12(11-9(20)4-8(19)5-10(11)21)14(27-15)25-7(3)17(22,23)24;1-5(14(19,20)21)23-13-11(12(15)24-9(4-22)25-13)10-7(17)2-6(16)3-8(10)18/h4-7H,1-3H3,(H,25,26,27);2-3,5H,1H3,(H,23,24,25)/t7-;5-/m00/s1. The van der Waals surface area contributed by atoms with Gasteiger partial charge < -0.3 is 15.4 Å². The first-order valence-corrected chi connectivity index (χ1v) is 15.3. The molecule has 2 aromatic heterocycles. The van der Waals surface area contributed by atoms with Crippen LogP contribution in [-0.4, -0.2) is 56.4 Å². The van der Waals surface area contributed by atoms with E-state index in [4.69, 9.17) is 33.2 Å². The number of nitriles is 1. The summed E-state index contributed by atoms with van der Waals surface area (Å²) in [5.74, 6) is -12.2. The van der Waals surface area contributed by atoms with Gasteiger partial charge in [-0.05, 0) is 27.7 Å². The molecule has 0 radical (unpaired) electrons. The Balaban J connectivity index is 0.000000294. The lowest BCUT2D eigenvalue weighted by Crippen LogP contribution is -2.34. The van der Waals surface area contributed by atoms with Crippen molar-refractivity contribution < 1.29 is 62.2 Å². The number of hydrogen-bond donors (Lipinski definition) is 2. The Bertz CT molecular complexity index is 2050. The van der Waals surface area contributed by atoms with E-state index in [9.17, 15) is 57.5 Å². The first-order chi connectivity index (χ1) is 24.8. The van der Waals surface area contributed by atoms with Gasteiger partial charge in [0, 0.05) is 24.3 Å². The van der Waals surface area contributed by atoms with E-state index in [-0.39, 0.29) is 0 Å². The number of benzene rings is 2. The van der Waals surface area contributed by atoms with Gasteiger partial charge in [-0.1, -0.05) is 23.2 Å². The lowest BCUT2D eigenvalue weighted by molar-refractivity contribution is -0.139. The second kappa shape index (κ2) is 16.9. The van der Waals surface area contributed by atoms with Crippen molar-refractivity contribution in [3.8, 4) is 28.3 Å². The molecule has 0 saturated carbocycles. The summed E-state index contributed by atoms with van der Waals surface area (Å²) < 4.78 is 165. The van der Waals surface area contributed by atoms with Crippen LogP contribution >= 0.6 is 23.2 Å². The summed E-state index contributed by atoms with van der Waals surface area (Å²) in [6.07, 6.45) is -10.1. The molecule has 2 heterocycles. The largest absolute Gasteiger partial charge is 0.457 e. The van der Waals surface area contributed by atoms with E-state index in [0.29, 0.717) is 31.2 Å². The average Bonchev–Trinajstić information content (AvgIpc) is 3.01. The summed E-state index contributed by atoms with van der Waals surface area (Å²) in [6.45, 7) is 4.44. The maximum absolute atomic E-state index is 14.2. The number of anilines is 2. The average molecular weight is 822 g/mol. The molecule has 0 aliphatic carbocycles. The fourth-order valence-corrected chi connectivity index (χ4v) is 4.59. The van der Waals surface area contributed by atoms with Crippen molar-refractivity contribution in [3.05, 3.63) is 81.1 Å². The summed E-state index contributed by atoms with van der Waals surface area (Å²) in [5.41, 5.74) is -3.25. The van der Waals surface area contributed by atoms with E-state index in [1.54, 1.807) is 0 Å². The number of aromatic nitrogens is 4. The predicted molar refractivity (Wildman–Crippen MR) is 168 cm³/mol. The number of esters is 1. The summed E-state index contributed by atoms with van der Waals surface area (Å²) in [4.78, 5) is 26.1. The topological polar surface area (TPSA) is 126 Å². The van der Waals surface area contributed by atoms with Crippen molar-refractivity contribution in [1.82, 2.24) is 19.9 Å². The molecular weight excluding hydrogens is 801 g/mol. The maximum atomic E-state index is 14.2. The van der Waals surface area contributed by atoms with Gasteiger partial charge in [-0.15, -0.1) is 0 Å². The van der Waals surface area contributed by atoms with Gasteiger partial charge >= 0.3 is 18.3 Å². The van der Waals surface area contributed by atoms with E-state index in [1.165, 1.54) is 19.9 Å². The van der Waals surface area contributed by atoms with E-state index in [1.807, 2.05) is 10.6 Å². The molecule has 290 valence electrons. The molecule has 0 amide bonds. The minimum atomic E-state index is -4.77. The van der Waals surface area contributed by atoms with Crippen LogP contribution in [0.4, 0.5) is 64.3 Å². The van der Waals surface area contributed by atoms with Crippen LogP contribution in [0.5, 0.6) is 0 Å². The first-order valence-electron chi connectivity index (χ1n) is 14.6. The van der Waals surface area contributed by atoms with Crippen LogP contribution in [0.15, 0.2) is 24.3 Å². The van der Waals surface area contributed by atoms with Crippen LogP contribution < -0.4 is 10.6 Å². The third-order valence-corrected chi connectivity index (χ3v) is 7.10. The van der Waals surface area contributed by atoms with Gasteiger partial charge in [0.05, 0.1) is 28.4 Å². The SMILES string of the molecule is CC(C)OC(=O)c1nc(Cl)c(-c2c(F)cc(F)cc2F)c(N[C@@H](C)C(F)(F)F)n1.C[C@H](Nc1nc(C#N)nc(Cl)c1-c1c(F)cc(F)cc1F)C(F)(F)F. The van der Waals surface area contributed by atoms with E-state index >= 15 is 0 Å². The number of carbonyl (C=O) groups excluding carboxylic acids is 1. The number of ether oxygens (including phenoxy) is 1. The maximum Gasteiger partial charge on any atom is 0.408 e. The zero-order valence-electron chi connectivity index (χ0n) is 27.4. The highest BCUT2D eigenvalue weighted by molar-refractivity contribution is 6.33. The molecular formula is C31H21Cl2F12N7O2. The molecule has 23 heteroatoms. The van der Waals surface area contributed by atoms with Crippen molar-refractivity contribution in [3.63, 3.8) is 0 Å². The third kappa shape index (κ3) is 10.5. The van der Waals surface area contributed by atoms with E-state index < -0.39 is 127 Å². The van der Waals surface area contributed by atoms with Crippen LogP contribution in [0.2, 0.25) is 10.3 Å². The van der Waals surface area contributed by atoms with Crippen molar-refractivity contribution in [1.29, 1.82) is 5.26 Å². The molecule has 54 heavy (non-hydrogen) atoms. The number of halogens is 14. The van der Waals surface area contributed by atoms with Crippen molar-refractivity contribution in [2.75, 3.05) is 10.6 Å². The molecule has 0 fully saturated rings. The molecule has 0 unspecified atom stereocenters. The molecule has 4 aromatic rings. The summed E-state index contributed by atoms with van der Waals surface area (Å²) in [7, 11) is 0. The Hall–Kier alpha value is -5.10. The van der Waals surface area contributed by atoms with Crippen LogP contribution in [0.25, 0.3) is 22.3 Å². The fourth-order valence-electron chi connectivity index (χ4n) is 4.06. The predicted octanol–water partition coefficient (Wildman–Crippen LogP) is 9.59. The van der Waals surface area contributed by atoms with Crippen LogP contribution in [-0.2, 0) is 4.74 Å². The van der Waals surface area contributed by atoms with Gasteiger partial charge in [0.2, 0.25) is 11.6 Å². The Labute approximate surface area is 306 Å². The highest BCUT2D eigenvalue weighted by Gasteiger charge is 2.39. The molecule has 0 spiro atoms. The molecule has 0 aliphatic heterocycles. The lowest BCUT2D eigenvalue weighted by atomic mass is 10.1. The Morgan fingerprint density at radius 3 is 1.39 bits per heavy atom. The van der Waals surface area contributed by atoms with Gasteiger partial charge in [-0.3, -0.25) is 0 Å². The number of alkyl halides is 6. The smallest absolute Gasteiger partial charge is 0.408 e. The monoisotopic (exact) mass is 821 g/mol. The van der Waals surface area contributed by atoms with Crippen molar-refractivity contribution in [2.24, 2.45) is 0 Å². The third-order valence-electron chi connectivity index (χ3n) is 6.56. The zero-order chi connectivity index (χ0) is 41.0. The quantitative estimate of drug-likeness (QED) is 0.102. The van der Waals surface area contributed by atoms with Crippen LogP contribution in [0, 0.1) is 46.2 Å². The van der Waals surface area contributed by atoms with Gasteiger partial charge in [0.15, 0.2) is 0 Å². The molecule has 0 saturated heterocycles. The Morgan fingerprint density at radius 2 is 1.04 bits per heavy atom. The number of nitrogens with zero attached hydrogens (tertiary/aromatic N) is 5. The molecule has 4 rings (SSSR count). The molecule has 9 nitrogen and oxygen atoms in total. The van der Waals surface area contributed by atoms with Gasteiger partial charge in [0.25, 0.3) is 0 Å². The van der Waals surface area contributed by atoms with Gasteiger partial charge in [-0.25, -0.2) is 51.1 Å². The zero-order valence-corrected chi connectivity index (χ0v) is 28.9. The number of hydrogen-bond acceptors (Lipinski definition) is 9. The van der Waals surface area contributed by atoms with Gasteiger partial charge in [0.1, 0.15) is 75.0 Å². The highest BCUT2D eigenvalue weighted by Crippen LogP contribution is 2.39.